The maximum Gasteiger partial charge on any atom is 0.351 e. The molecule has 3 aromatic carbocycles. The van der Waals surface area contributed by atoms with Crippen LogP contribution in [-0.4, -0.2) is 110 Å². The molecule has 0 bridgehead atoms. The summed E-state index contributed by atoms with van der Waals surface area (Å²) in [6.45, 7) is 20.9. The largest absolute Gasteiger partial charge is 0.497 e. The van der Waals surface area contributed by atoms with Gasteiger partial charge in [0, 0.05) is 37.8 Å². The molecule has 4 atom stereocenters. The predicted molar refractivity (Wildman–Crippen MR) is 232 cm³/mol. The fourth-order valence-electron chi connectivity index (χ4n) is 7.63. The average Bonchev–Trinajstić information content (AvgIpc) is 3.66. The highest BCUT2D eigenvalue weighted by atomic mass is 31.2. The number of benzene rings is 3. The van der Waals surface area contributed by atoms with Crippen molar-refractivity contribution in [3.8, 4) is 11.5 Å². The van der Waals surface area contributed by atoms with Gasteiger partial charge in [-0.2, -0.15) is 4.98 Å². The normalized spacial score (nSPS) is 19.2. The smallest absolute Gasteiger partial charge is 0.351 e. The minimum absolute atomic E-state index is 0.0615. The standard InChI is InChI=1S/C45H57N6O8P/c1-32(2)51(33(3)4)60(57-27-23-46-6)59-40-30-43(50-24-22-42(48-44(50)52)47-34(5)49-25-28-55-29-26-49)58-41(40)31-56-45(35-12-10-9-11-13-35,36-14-18-38(53-7)19-15-36)37-16-20-39(54-8)21-17-37/h9-22,24,32-33,40-41,43H,23,25-31H2,1-5,7-8H3/t40?,41-,43-,60?/m1/s1. The number of morpholine rings is 1. The molecule has 1 aromatic heterocycles. The Labute approximate surface area is 354 Å². The van der Waals surface area contributed by atoms with Crippen molar-refractivity contribution in [2.24, 2.45) is 4.99 Å². The topological polar surface area (TPSA) is 123 Å². The number of ether oxygens (including phenoxy) is 5. The van der Waals surface area contributed by atoms with Gasteiger partial charge in [0.25, 0.3) is 8.53 Å². The Morgan fingerprint density at radius 3 is 2.08 bits per heavy atom. The molecule has 2 aliphatic heterocycles. The van der Waals surface area contributed by atoms with Gasteiger partial charge in [0.05, 0.1) is 40.1 Å². The molecule has 15 heteroatoms. The van der Waals surface area contributed by atoms with E-state index in [0.717, 1.165) is 35.6 Å². The third-order valence-electron chi connectivity index (χ3n) is 10.6. The van der Waals surface area contributed by atoms with Crippen LogP contribution in [0.25, 0.3) is 4.85 Å². The van der Waals surface area contributed by atoms with Gasteiger partial charge in [-0.1, -0.05) is 54.6 Å². The summed E-state index contributed by atoms with van der Waals surface area (Å²) in [5.74, 6) is 2.51. The number of aromatic nitrogens is 2. The Bertz CT molecular complexity index is 2030. The lowest BCUT2D eigenvalue weighted by atomic mass is 9.80. The summed E-state index contributed by atoms with van der Waals surface area (Å²) in [5, 5.41) is 0. The summed E-state index contributed by atoms with van der Waals surface area (Å²) < 4.78 is 47.8. The molecule has 2 saturated heterocycles. The van der Waals surface area contributed by atoms with Crippen molar-refractivity contribution in [1.29, 1.82) is 0 Å². The fourth-order valence-corrected chi connectivity index (χ4v) is 9.38. The Morgan fingerprint density at radius 1 is 0.933 bits per heavy atom. The molecule has 14 nitrogen and oxygen atoms in total. The second-order valence-electron chi connectivity index (χ2n) is 15.1. The van der Waals surface area contributed by atoms with Crippen molar-refractivity contribution >= 4 is 20.2 Å². The van der Waals surface area contributed by atoms with Crippen molar-refractivity contribution in [3.05, 3.63) is 130 Å². The van der Waals surface area contributed by atoms with Crippen LogP contribution in [0.1, 0.15) is 64.0 Å². The van der Waals surface area contributed by atoms with Gasteiger partial charge < -0.3 is 42.5 Å². The minimum Gasteiger partial charge on any atom is -0.497 e. The second kappa shape index (κ2) is 21.2. The van der Waals surface area contributed by atoms with Crippen molar-refractivity contribution in [1.82, 2.24) is 19.1 Å². The van der Waals surface area contributed by atoms with Gasteiger partial charge in [-0.3, -0.25) is 4.57 Å². The molecule has 2 fully saturated rings. The number of aliphatic imine (C=N–C) groups is 1. The number of hydrogen-bond acceptors (Lipinski definition) is 11. The first-order valence-electron chi connectivity index (χ1n) is 20.4. The van der Waals surface area contributed by atoms with E-state index >= 15 is 0 Å². The van der Waals surface area contributed by atoms with Crippen molar-refractivity contribution in [2.45, 2.75) is 77.2 Å². The van der Waals surface area contributed by atoms with Crippen LogP contribution in [0.5, 0.6) is 11.5 Å². The molecule has 0 N–H and O–H groups in total. The van der Waals surface area contributed by atoms with E-state index < -0.39 is 38.3 Å². The summed E-state index contributed by atoms with van der Waals surface area (Å²) in [7, 11) is 1.62. The molecule has 0 spiro atoms. The zero-order valence-corrected chi connectivity index (χ0v) is 36.5. The Hall–Kier alpha value is -4.71. The van der Waals surface area contributed by atoms with E-state index in [0.29, 0.717) is 37.0 Å². The lowest BCUT2D eigenvalue weighted by Gasteiger charge is -2.39. The Kier molecular flexibility index (Phi) is 15.8. The van der Waals surface area contributed by atoms with Crippen molar-refractivity contribution in [3.63, 3.8) is 0 Å². The number of rotatable bonds is 18. The first-order chi connectivity index (χ1) is 29.1. The predicted octanol–water partition coefficient (Wildman–Crippen LogP) is 7.61. The highest BCUT2D eigenvalue weighted by Gasteiger charge is 2.45. The van der Waals surface area contributed by atoms with Gasteiger partial charge in [0.2, 0.25) is 6.54 Å². The highest BCUT2D eigenvalue weighted by Crippen LogP contribution is 2.50. The van der Waals surface area contributed by atoms with E-state index in [1.165, 1.54) is 4.57 Å². The molecule has 0 amide bonds. The lowest BCUT2D eigenvalue weighted by Crippen LogP contribution is -2.39. The number of methoxy groups -OCH3 is 2. The highest BCUT2D eigenvalue weighted by molar-refractivity contribution is 7.44. The monoisotopic (exact) mass is 840 g/mol. The molecule has 0 radical (unpaired) electrons. The molecule has 2 unspecified atom stereocenters. The van der Waals surface area contributed by atoms with Gasteiger partial charge in [-0.25, -0.2) is 21.0 Å². The van der Waals surface area contributed by atoms with Gasteiger partial charge >= 0.3 is 5.69 Å². The molecule has 4 aromatic rings. The van der Waals surface area contributed by atoms with Crippen LogP contribution in [0, 0.1) is 6.57 Å². The quantitative estimate of drug-likeness (QED) is 0.0246. The molecule has 320 valence electrons. The van der Waals surface area contributed by atoms with Crippen LogP contribution in [0.2, 0.25) is 0 Å². The van der Waals surface area contributed by atoms with E-state index in [1.807, 2.05) is 85.8 Å². The zero-order valence-electron chi connectivity index (χ0n) is 35.6. The molecule has 0 aliphatic carbocycles. The fraction of sp³-hybridized carbons (Fsp3) is 0.467. The van der Waals surface area contributed by atoms with Crippen LogP contribution < -0.4 is 15.2 Å². The molecular weight excluding hydrogens is 784 g/mol. The third-order valence-corrected chi connectivity index (χ3v) is 12.7. The van der Waals surface area contributed by atoms with Crippen LogP contribution in [0.4, 0.5) is 5.82 Å². The molecule has 3 heterocycles. The summed E-state index contributed by atoms with van der Waals surface area (Å²) in [6.07, 6.45) is 0.00411. The maximum absolute atomic E-state index is 13.8. The van der Waals surface area contributed by atoms with Crippen LogP contribution >= 0.6 is 8.53 Å². The third kappa shape index (κ3) is 10.6. The first kappa shape index (κ1) is 44.8. The van der Waals surface area contributed by atoms with Crippen LogP contribution in [0.3, 0.4) is 0 Å². The summed E-state index contributed by atoms with van der Waals surface area (Å²) in [4.78, 5) is 28.4. The van der Waals surface area contributed by atoms with Gasteiger partial charge in [-0.05, 0) is 81.6 Å². The number of hydrogen-bond donors (Lipinski definition) is 0. The SMILES string of the molecule is [C-]#[N+]CCOP(OC1C[C@H](n2ccc(N=C(C)N3CCOCC3)nc2=O)O[C@@H]1COC(c1ccccc1)(c1ccc(OC)cc1)c1ccc(OC)cc1)N(C(C)C)C(C)C. The lowest BCUT2D eigenvalue weighted by molar-refractivity contribution is -0.0925. The van der Waals surface area contributed by atoms with E-state index in [-0.39, 0.29) is 31.8 Å². The number of nitrogens with zero attached hydrogens (tertiary/aromatic N) is 6. The second-order valence-corrected chi connectivity index (χ2v) is 16.5. The Balaban J connectivity index is 1.39. The van der Waals surface area contributed by atoms with Crippen molar-refractivity contribution < 1.29 is 32.7 Å². The zero-order chi connectivity index (χ0) is 42.6. The van der Waals surface area contributed by atoms with Gasteiger partial charge in [0.1, 0.15) is 41.9 Å². The van der Waals surface area contributed by atoms with E-state index in [2.05, 4.69) is 52.1 Å². The summed E-state index contributed by atoms with van der Waals surface area (Å²) in [5.41, 5.74) is 1.01. The Morgan fingerprint density at radius 2 is 1.53 bits per heavy atom. The molecule has 6 rings (SSSR count). The summed E-state index contributed by atoms with van der Waals surface area (Å²) >= 11 is 0. The van der Waals surface area contributed by atoms with Gasteiger partial charge in [0.15, 0.2) is 5.82 Å². The first-order valence-corrected chi connectivity index (χ1v) is 21.5. The van der Waals surface area contributed by atoms with Crippen molar-refractivity contribution in [2.75, 3.05) is 60.3 Å². The van der Waals surface area contributed by atoms with Gasteiger partial charge in [-0.15, -0.1) is 0 Å². The molecule has 0 saturated carbocycles. The molecule has 2 aliphatic rings. The average molecular weight is 841 g/mol. The summed E-state index contributed by atoms with van der Waals surface area (Å²) in [6, 6.07) is 27.6. The van der Waals surface area contributed by atoms with E-state index in [1.54, 1.807) is 26.5 Å². The number of amidine groups is 1. The minimum atomic E-state index is -1.66. The van der Waals surface area contributed by atoms with Crippen LogP contribution in [0.15, 0.2) is 101 Å². The molecule has 60 heavy (non-hydrogen) atoms. The van der Waals surface area contributed by atoms with E-state index in [4.69, 9.17) is 39.3 Å². The van der Waals surface area contributed by atoms with E-state index in [9.17, 15) is 4.79 Å². The maximum atomic E-state index is 13.8. The van der Waals surface area contributed by atoms with Crippen LogP contribution in [-0.2, 0) is 28.9 Å². The molecular formula is C45H57N6O8P.